The molecule has 0 spiro atoms. The second kappa shape index (κ2) is 7.26. The summed E-state index contributed by atoms with van der Waals surface area (Å²) in [6.45, 7) is 7.00. The molecule has 0 saturated carbocycles. The third-order valence-electron chi connectivity index (χ3n) is 3.24. The van der Waals surface area contributed by atoms with Crippen molar-refractivity contribution in [3.63, 3.8) is 0 Å². The van der Waals surface area contributed by atoms with Gasteiger partial charge < -0.3 is 5.32 Å². The number of nitrogens with zero attached hydrogens (tertiary/aromatic N) is 1. The standard InChI is InChI=1S/C13H22N2O2S3/c1-3-4-14-10-12-9-13(11(2)19-12)20(16,17)15-5-7-18-8-6-15/h9,14H,3-8,10H2,1-2H3. The van der Waals surface area contributed by atoms with Gasteiger partial charge in [0.1, 0.15) is 0 Å². The van der Waals surface area contributed by atoms with Crippen molar-refractivity contribution in [2.24, 2.45) is 0 Å². The number of hydrogen-bond donors (Lipinski definition) is 1. The van der Waals surface area contributed by atoms with Gasteiger partial charge in [0.15, 0.2) is 0 Å². The summed E-state index contributed by atoms with van der Waals surface area (Å²) in [6.07, 6.45) is 1.08. The molecule has 0 atom stereocenters. The molecule has 2 rings (SSSR count). The second-order valence-corrected chi connectivity index (χ2v) is 9.30. The van der Waals surface area contributed by atoms with E-state index in [1.807, 2.05) is 24.8 Å². The van der Waals surface area contributed by atoms with Crippen LogP contribution in [0.15, 0.2) is 11.0 Å². The number of thiophene rings is 1. The molecular weight excluding hydrogens is 312 g/mol. The highest BCUT2D eigenvalue weighted by Crippen LogP contribution is 2.29. The van der Waals surface area contributed by atoms with Crippen LogP contribution >= 0.6 is 23.1 Å². The Hall–Kier alpha value is -0.0800. The van der Waals surface area contributed by atoms with Gasteiger partial charge in [0.25, 0.3) is 0 Å². The van der Waals surface area contributed by atoms with Crippen molar-refractivity contribution in [2.75, 3.05) is 31.1 Å². The van der Waals surface area contributed by atoms with Crippen molar-refractivity contribution in [3.8, 4) is 0 Å². The molecular formula is C13H22N2O2S3. The van der Waals surface area contributed by atoms with Gasteiger partial charge in [-0.3, -0.25) is 0 Å². The van der Waals surface area contributed by atoms with Crippen LogP contribution in [0.2, 0.25) is 0 Å². The molecule has 114 valence electrons. The zero-order chi connectivity index (χ0) is 14.6. The minimum Gasteiger partial charge on any atom is -0.312 e. The third-order valence-corrected chi connectivity index (χ3v) is 7.38. The van der Waals surface area contributed by atoms with Gasteiger partial charge in [0, 0.05) is 40.9 Å². The van der Waals surface area contributed by atoms with E-state index in [2.05, 4.69) is 12.2 Å². The summed E-state index contributed by atoms with van der Waals surface area (Å²) in [5, 5.41) is 3.32. The maximum atomic E-state index is 12.7. The van der Waals surface area contributed by atoms with Crippen LogP contribution in [0.4, 0.5) is 0 Å². The highest BCUT2D eigenvalue weighted by molar-refractivity contribution is 7.99. The maximum absolute atomic E-state index is 12.7. The largest absolute Gasteiger partial charge is 0.312 e. The van der Waals surface area contributed by atoms with Crippen molar-refractivity contribution >= 4 is 33.1 Å². The van der Waals surface area contributed by atoms with Crippen molar-refractivity contribution < 1.29 is 8.42 Å². The fourth-order valence-electron chi connectivity index (χ4n) is 2.18. The fraction of sp³-hybridized carbons (Fsp3) is 0.692. The lowest BCUT2D eigenvalue weighted by molar-refractivity contribution is 0.443. The number of rotatable bonds is 6. The second-order valence-electron chi connectivity index (χ2n) is 4.83. The zero-order valence-electron chi connectivity index (χ0n) is 12.0. The molecule has 1 saturated heterocycles. The lowest BCUT2D eigenvalue weighted by Crippen LogP contribution is -2.37. The van der Waals surface area contributed by atoms with Gasteiger partial charge in [-0.05, 0) is 26.0 Å². The van der Waals surface area contributed by atoms with Crippen LogP contribution in [0.25, 0.3) is 0 Å². The smallest absolute Gasteiger partial charge is 0.244 e. The number of hydrogen-bond acceptors (Lipinski definition) is 5. The van der Waals surface area contributed by atoms with E-state index in [0.717, 1.165) is 40.8 Å². The highest BCUT2D eigenvalue weighted by Gasteiger charge is 2.28. The summed E-state index contributed by atoms with van der Waals surface area (Å²) in [5.74, 6) is 1.79. The molecule has 1 aromatic rings. The Bertz CT molecular complexity index is 534. The van der Waals surface area contributed by atoms with Gasteiger partial charge in [-0.15, -0.1) is 11.3 Å². The predicted octanol–water partition coefficient (Wildman–Crippen LogP) is 2.29. The van der Waals surface area contributed by atoms with Gasteiger partial charge in [-0.25, -0.2) is 8.42 Å². The van der Waals surface area contributed by atoms with E-state index in [9.17, 15) is 8.42 Å². The Morgan fingerprint density at radius 3 is 2.70 bits per heavy atom. The van der Waals surface area contributed by atoms with Crippen LogP contribution in [-0.2, 0) is 16.6 Å². The maximum Gasteiger partial charge on any atom is 0.244 e. The average Bonchev–Trinajstić information content (AvgIpc) is 2.82. The molecule has 7 heteroatoms. The van der Waals surface area contributed by atoms with E-state index in [4.69, 9.17) is 0 Å². The number of sulfonamides is 1. The highest BCUT2D eigenvalue weighted by atomic mass is 32.2. The summed E-state index contributed by atoms with van der Waals surface area (Å²) in [4.78, 5) is 2.50. The van der Waals surface area contributed by atoms with Crippen molar-refractivity contribution in [1.29, 1.82) is 0 Å². The molecule has 1 N–H and O–H groups in total. The summed E-state index contributed by atoms with van der Waals surface area (Å²) >= 11 is 3.40. The van der Waals surface area contributed by atoms with E-state index >= 15 is 0 Å². The van der Waals surface area contributed by atoms with Gasteiger partial charge in [-0.1, -0.05) is 6.92 Å². The first kappa shape index (κ1) is 16.3. The first-order valence-corrected chi connectivity index (χ1v) is 10.3. The molecule has 0 bridgehead atoms. The van der Waals surface area contributed by atoms with Crippen LogP contribution in [-0.4, -0.2) is 43.9 Å². The quantitative estimate of drug-likeness (QED) is 0.811. The Kier molecular flexibility index (Phi) is 5.92. The Balaban J connectivity index is 2.14. The van der Waals surface area contributed by atoms with Gasteiger partial charge >= 0.3 is 0 Å². The van der Waals surface area contributed by atoms with Crippen LogP contribution in [0, 0.1) is 6.92 Å². The fourth-order valence-corrected chi connectivity index (χ4v) is 6.33. The molecule has 1 fully saturated rings. The molecule has 1 aliphatic heterocycles. The summed E-state index contributed by atoms with van der Waals surface area (Å²) < 4.78 is 26.9. The molecule has 0 aromatic carbocycles. The van der Waals surface area contributed by atoms with E-state index in [0.29, 0.717) is 18.0 Å². The normalized spacial score (nSPS) is 17.5. The van der Waals surface area contributed by atoms with E-state index < -0.39 is 10.0 Å². The van der Waals surface area contributed by atoms with E-state index in [-0.39, 0.29) is 0 Å². The molecule has 20 heavy (non-hydrogen) atoms. The third kappa shape index (κ3) is 3.76. The summed E-state index contributed by atoms with van der Waals surface area (Å²) in [7, 11) is -3.30. The number of nitrogens with one attached hydrogen (secondary N) is 1. The first-order valence-electron chi connectivity index (χ1n) is 6.93. The lowest BCUT2D eigenvalue weighted by Gasteiger charge is -2.25. The molecule has 4 nitrogen and oxygen atoms in total. The minimum atomic E-state index is -3.30. The van der Waals surface area contributed by atoms with Crippen LogP contribution in [0.1, 0.15) is 23.1 Å². The average molecular weight is 335 g/mol. The predicted molar refractivity (Wildman–Crippen MR) is 87.1 cm³/mol. The molecule has 1 aromatic heterocycles. The summed E-state index contributed by atoms with van der Waals surface area (Å²) in [6, 6.07) is 1.85. The number of thioether (sulfide) groups is 1. The molecule has 2 heterocycles. The van der Waals surface area contributed by atoms with Crippen LogP contribution < -0.4 is 5.32 Å². The van der Waals surface area contributed by atoms with Gasteiger partial charge in [0.05, 0.1) is 4.90 Å². The van der Waals surface area contributed by atoms with Crippen molar-refractivity contribution in [3.05, 3.63) is 15.8 Å². The van der Waals surface area contributed by atoms with Crippen LogP contribution in [0.5, 0.6) is 0 Å². The molecule has 0 amide bonds. The van der Waals surface area contributed by atoms with Crippen molar-refractivity contribution in [2.45, 2.75) is 31.7 Å². The van der Waals surface area contributed by atoms with E-state index in [1.54, 1.807) is 15.6 Å². The molecule has 1 aliphatic rings. The Morgan fingerprint density at radius 1 is 1.35 bits per heavy atom. The minimum absolute atomic E-state index is 0.502. The first-order chi connectivity index (χ1) is 9.55. The lowest BCUT2D eigenvalue weighted by atomic mass is 10.4. The van der Waals surface area contributed by atoms with Gasteiger partial charge in [-0.2, -0.15) is 16.1 Å². The molecule has 0 unspecified atom stereocenters. The Labute approximate surface area is 130 Å². The molecule has 0 radical (unpaired) electrons. The summed E-state index contributed by atoms with van der Waals surface area (Å²) in [5.41, 5.74) is 0. The van der Waals surface area contributed by atoms with Crippen LogP contribution in [0.3, 0.4) is 0 Å². The topological polar surface area (TPSA) is 49.4 Å². The SMILES string of the molecule is CCCNCc1cc(S(=O)(=O)N2CCSCC2)c(C)s1. The monoisotopic (exact) mass is 334 g/mol. The zero-order valence-corrected chi connectivity index (χ0v) is 14.5. The van der Waals surface area contributed by atoms with Crippen molar-refractivity contribution in [1.82, 2.24) is 9.62 Å². The Morgan fingerprint density at radius 2 is 2.05 bits per heavy atom. The molecule has 0 aliphatic carbocycles. The number of aryl methyl sites for hydroxylation is 1. The van der Waals surface area contributed by atoms with Gasteiger partial charge in [0.2, 0.25) is 10.0 Å². The van der Waals surface area contributed by atoms with E-state index in [1.165, 1.54) is 0 Å².